The number of nitrogens with zero attached hydrogens (tertiary/aromatic N) is 4. The number of piperazine rings is 1. The number of carbonyl (C=O) groups is 1. The molecule has 2 rings (SSSR count). The van der Waals surface area contributed by atoms with Crippen molar-refractivity contribution in [1.82, 2.24) is 20.0 Å². The van der Waals surface area contributed by atoms with Gasteiger partial charge in [-0.25, -0.2) is 0 Å². The number of aliphatic imine (C=N–C) groups is 1. The summed E-state index contributed by atoms with van der Waals surface area (Å²) in [6, 6.07) is 0. The molecule has 6 heteroatoms. The van der Waals surface area contributed by atoms with Crippen molar-refractivity contribution in [3.8, 4) is 0 Å². The zero-order valence-corrected chi connectivity index (χ0v) is 16.5. The van der Waals surface area contributed by atoms with Crippen molar-refractivity contribution in [2.75, 3.05) is 59.4 Å². The van der Waals surface area contributed by atoms with Gasteiger partial charge in [-0.15, -0.1) is 0 Å². The van der Waals surface area contributed by atoms with Gasteiger partial charge in [0, 0.05) is 58.8 Å². The number of hydrogen-bond donors (Lipinski definition) is 1. The summed E-state index contributed by atoms with van der Waals surface area (Å²) in [5.41, 5.74) is 0. The largest absolute Gasteiger partial charge is 0.357 e. The van der Waals surface area contributed by atoms with E-state index >= 15 is 0 Å². The topological polar surface area (TPSA) is 51.2 Å². The molecule has 0 aromatic carbocycles. The summed E-state index contributed by atoms with van der Waals surface area (Å²) in [6.07, 6.45) is 5.83. The van der Waals surface area contributed by atoms with Crippen molar-refractivity contribution in [1.29, 1.82) is 0 Å². The Morgan fingerprint density at radius 3 is 2.48 bits per heavy atom. The highest BCUT2D eigenvalue weighted by molar-refractivity contribution is 5.80. The zero-order valence-electron chi connectivity index (χ0n) is 16.5. The summed E-state index contributed by atoms with van der Waals surface area (Å²) < 4.78 is 0. The molecule has 1 saturated heterocycles. The van der Waals surface area contributed by atoms with Gasteiger partial charge < -0.3 is 15.1 Å². The third-order valence-corrected chi connectivity index (χ3v) is 5.36. The number of nitrogens with one attached hydrogen (secondary N) is 1. The smallest absolute Gasteiger partial charge is 0.225 e. The lowest BCUT2D eigenvalue weighted by Gasteiger charge is -2.38. The van der Waals surface area contributed by atoms with Crippen LogP contribution in [0.3, 0.4) is 0 Å². The number of amides is 1. The van der Waals surface area contributed by atoms with Gasteiger partial charge in [-0.3, -0.25) is 14.7 Å². The van der Waals surface area contributed by atoms with Gasteiger partial charge in [-0.05, 0) is 26.2 Å². The maximum Gasteiger partial charge on any atom is 0.225 e. The number of hydrogen-bond acceptors (Lipinski definition) is 3. The summed E-state index contributed by atoms with van der Waals surface area (Å²) in [4.78, 5) is 23.8. The molecule has 1 N–H and O–H groups in total. The van der Waals surface area contributed by atoms with Crippen molar-refractivity contribution in [2.45, 2.75) is 46.0 Å². The lowest BCUT2D eigenvalue weighted by molar-refractivity contribution is -0.139. The van der Waals surface area contributed by atoms with Crippen LogP contribution in [0.15, 0.2) is 4.99 Å². The number of unbranched alkanes of at least 4 members (excludes halogenated alkanes) is 1. The Balaban J connectivity index is 1.70. The van der Waals surface area contributed by atoms with Crippen LogP contribution in [-0.4, -0.2) is 86.0 Å². The van der Waals surface area contributed by atoms with E-state index < -0.39 is 0 Å². The third kappa shape index (κ3) is 6.17. The Hall–Kier alpha value is -1.30. The summed E-state index contributed by atoms with van der Waals surface area (Å²) in [7, 11) is 2.11. The molecule has 0 bridgehead atoms. The van der Waals surface area contributed by atoms with E-state index in [1.54, 1.807) is 0 Å². The fourth-order valence-electron chi connectivity index (χ4n) is 3.37. The van der Waals surface area contributed by atoms with Crippen molar-refractivity contribution in [2.24, 2.45) is 10.9 Å². The molecular weight excluding hydrogens is 314 g/mol. The lowest BCUT2D eigenvalue weighted by atomic mass is 9.84. The normalized spacial score (nSPS) is 19.6. The van der Waals surface area contributed by atoms with Crippen molar-refractivity contribution in [3.63, 3.8) is 0 Å². The highest BCUT2D eigenvalue weighted by Gasteiger charge is 2.30. The standard InChI is InChI=1S/C19H37N5O/c1-4-6-11-22(3)19(20-5-2)21-10-12-23-13-15-24(16-14-23)18(25)17-8-7-9-17/h17H,4-16H2,1-3H3,(H,20,21). The van der Waals surface area contributed by atoms with Crippen molar-refractivity contribution >= 4 is 11.9 Å². The minimum Gasteiger partial charge on any atom is -0.357 e. The fraction of sp³-hybridized carbons (Fsp3) is 0.895. The van der Waals surface area contributed by atoms with Crippen LogP contribution in [0.25, 0.3) is 0 Å². The highest BCUT2D eigenvalue weighted by atomic mass is 16.2. The molecule has 1 aliphatic carbocycles. The first kappa shape index (κ1) is 20.0. The predicted octanol–water partition coefficient (Wildman–Crippen LogP) is 1.63. The van der Waals surface area contributed by atoms with E-state index in [1.807, 2.05) is 0 Å². The minimum atomic E-state index is 0.331. The van der Waals surface area contributed by atoms with E-state index in [4.69, 9.17) is 4.99 Å². The third-order valence-electron chi connectivity index (χ3n) is 5.36. The first-order chi connectivity index (χ1) is 12.2. The maximum absolute atomic E-state index is 12.3. The molecule has 2 aliphatic rings. The molecular formula is C19H37N5O. The summed E-state index contributed by atoms with van der Waals surface area (Å²) in [6.45, 7) is 11.8. The van der Waals surface area contributed by atoms with E-state index in [1.165, 1.54) is 19.3 Å². The van der Waals surface area contributed by atoms with Crippen LogP contribution in [-0.2, 0) is 4.79 Å². The second-order valence-corrected chi connectivity index (χ2v) is 7.31. The van der Waals surface area contributed by atoms with E-state index in [0.29, 0.717) is 11.8 Å². The monoisotopic (exact) mass is 351 g/mol. The first-order valence-electron chi connectivity index (χ1n) is 10.2. The van der Waals surface area contributed by atoms with Crippen LogP contribution >= 0.6 is 0 Å². The summed E-state index contributed by atoms with van der Waals surface area (Å²) >= 11 is 0. The molecule has 1 saturated carbocycles. The minimum absolute atomic E-state index is 0.331. The molecule has 144 valence electrons. The second-order valence-electron chi connectivity index (χ2n) is 7.31. The Bertz CT molecular complexity index is 428. The summed E-state index contributed by atoms with van der Waals surface area (Å²) in [5.74, 6) is 1.74. The second kappa shape index (κ2) is 10.6. The van der Waals surface area contributed by atoms with Gasteiger partial charge in [0.25, 0.3) is 0 Å². The average Bonchev–Trinajstić information content (AvgIpc) is 2.58. The van der Waals surface area contributed by atoms with Crippen LogP contribution in [0, 0.1) is 5.92 Å². The van der Waals surface area contributed by atoms with Crippen molar-refractivity contribution in [3.05, 3.63) is 0 Å². The molecule has 25 heavy (non-hydrogen) atoms. The Labute approximate surface area is 153 Å². The Morgan fingerprint density at radius 2 is 1.92 bits per heavy atom. The van der Waals surface area contributed by atoms with Crippen LogP contribution in [0.5, 0.6) is 0 Å². The SMILES string of the molecule is CCCCN(C)C(=NCCN1CCN(C(=O)C2CCC2)CC1)NCC. The van der Waals surface area contributed by atoms with E-state index in [9.17, 15) is 4.79 Å². The number of rotatable bonds is 8. The number of guanidine groups is 1. The first-order valence-corrected chi connectivity index (χ1v) is 10.2. The number of carbonyl (C=O) groups excluding carboxylic acids is 1. The van der Waals surface area contributed by atoms with Gasteiger partial charge in [-0.1, -0.05) is 19.8 Å². The van der Waals surface area contributed by atoms with E-state index in [-0.39, 0.29) is 0 Å². The van der Waals surface area contributed by atoms with Gasteiger partial charge in [0.1, 0.15) is 0 Å². The Morgan fingerprint density at radius 1 is 1.20 bits per heavy atom. The molecule has 6 nitrogen and oxygen atoms in total. The van der Waals surface area contributed by atoms with Crippen LogP contribution in [0.1, 0.15) is 46.0 Å². The van der Waals surface area contributed by atoms with Gasteiger partial charge in [0.05, 0.1) is 6.54 Å². The molecule has 0 spiro atoms. The molecule has 1 heterocycles. The molecule has 1 amide bonds. The maximum atomic E-state index is 12.3. The molecule has 0 aromatic heterocycles. The molecule has 0 unspecified atom stereocenters. The summed E-state index contributed by atoms with van der Waals surface area (Å²) in [5, 5.41) is 3.38. The fourth-order valence-corrected chi connectivity index (χ4v) is 3.37. The lowest BCUT2D eigenvalue weighted by Crippen LogP contribution is -2.51. The quantitative estimate of drug-likeness (QED) is 0.533. The van der Waals surface area contributed by atoms with Gasteiger partial charge in [0.15, 0.2) is 5.96 Å². The van der Waals surface area contributed by atoms with Gasteiger partial charge in [0.2, 0.25) is 5.91 Å². The molecule has 0 aromatic rings. The van der Waals surface area contributed by atoms with Gasteiger partial charge in [-0.2, -0.15) is 0 Å². The molecule has 0 atom stereocenters. The van der Waals surface area contributed by atoms with Gasteiger partial charge >= 0.3 is 0 Å². The van der Waals surface area contributed by atoms with Crippen LogP contribution < -0.4 is 5.32 Å². The van der Waals surface area contributed by atoms with E-state index in [0.717, 1.165) is 71.2 Å². The van der Waals surface area contributed by atoms with Crippen molar-refractivity contribution < 1.29 is 4.79 Å². The van der Waals surface area contributed by atoms with Crippen LogP contribution in [0.4, 0.5) is 0 Å². The predicted molar refractivity (Wildman–Crippen MR) is 104 cm³/mol. The molecule has 2 fully saturated rings. The molecule has 0 radical (unpaired) electrons. The Kier molecular flexibility index (Phi) is 8.52. The van der Waals surface area contributed by atoms with E-state index in [2.05, 4.69) is 40.9 Å². The highest BCUT2D eigenvalue weighted by Crippen LogP contribution is 2.28. The van der Waals surface area contributed by atoms with Crippen LogP contribution in [0.2, 0.25) is 0 Å². The average molecular weight is 352 g/mol. The molecule has 1 aliphatic heterocycles. The zero-order chi connectivity index (χ0) is 18.1.